The summed E-state index contributed by atoms with van der Waals surface area (Å²) in [7, 11) is 3.23. The van der Waals surface area contributed by atoms with E-state index in [0.717, 1.165) is 65.1 Å². The molecule has 0 saturated carbocycles. The van der Waals surface area contributed by atoms with Gasteiger partial charge in [-0.1, -0.05) is 29.8 Å². The van der Waals surface area contributed by atoms with Crippen LogP contribution in [0.3, 0.4) is 0 Å². The Hall–Kier alpha value is -4.27. The lowest BCUT2D eigenvalue weighted by molar-refractivity contribution is 0.0529. The number of rotatable bonds is 8. The standard InChI is InChI=1S/C33H33ClN4O4/c1-4-42-33(39)31-30(23-8-7-9-24(34)18-23)26(21-36-14-16-37(17-15-36)29-10-5-6-12-35-29)38-13-11-22-19-27(40-2)28(41-3)20-25(22)32(31)38/h5-13,18-20H,4,14-17,21H2,1-3H3. The van der Waals surface area contributed by atoms with Crippen LogP contribution in [0.4, 0.5) is 5.82 Å². The van der Waals surface area contributed by atoms with Crippen LogP contribution in [0, 0.1) is 0 Å². The van der Waals surface area contributed by atoms with Crippen LogP contribution in [0.25, 0.3) is 27.4 Å². The lowest BCUT2D eigenvalue weighted by Gasteiger charge is -2.35. The van der Waals surface area contributed by atoms with E-state index in [1.54, 1.807) is 14.2 Å². The minimum absolute atomic E-state index is 0.262. The van der Waals surface area contributed by atoms with Crippen LogP contribution in [0.5, 0.6) is 11.5 Å². The molecule has 1 aliphatic rings. The summed E-state index contributed by atoms with van der Waals surface area (Å²) in [5.74, 6) is 1.83. The predicted octanol–water partition coefficient (Wildman–Crippen LogP) is 6.32. The van der Waals surface area contributed by atoms with Gasteiger partial charge in [0.05, 0.1) is 31.9 Å². The Labute approximate surface area is 250 Å². The number of carbonyl (C=O) groups is 1. The molecule has 0 aliphatic carbocycles. The molecule has 1 fully saturated rings. The number of ether oxygens (including phenoxy) is 3. The van der Waals surface area contributed by atoms with Crippen molar-refractivity contribution in [3.05, 3.63) is 89.3 Å². The second-order valence-corrected chi connectivity index (χ2v) is 10.6. The Kier molecular flexibility index (Phi) is 7.91. The summed E-state index contributed by atoms with van der Waals surface area (Å²) in [5.41, 5.74) is 3.97. The van der Waals surface area contributed by atoms with Gasteiger partial charge in [0.15, 0.2) is 11.5 Å². The molecule has 0 unspecified atom stereocenters. The first-order valence-electron chi connectivity index (χ1n) is 14.1. The average molecular weight is 585 g/mol. The van der Waals surface area contributed by atoms with Crippen LogP contribution in [-0.4, -0.2) is 67.3 Å². The first kappa shape index (κ1) is 27.9. The third-order valence-corrected chi connectivity index (χ3v) is 8.07. The largest absolute Gasteiger partial charge is 0.493 e. The van der Waals surface area contributed by atoms with Gasteiger partial charge in [0.25, 0.3) is 0 Å². The molecule has 0 N–H and O–H groups in total. The zero-order valence-corrected chi connectivity index (χ0v) is 24.7. The van der Waals surface area contributed by atoms with E-state index >= 15 is 0 Å². The highest BCUT2D eigenvalue weighted by atomic mass is 35.5. The molecule has 0 atom stereocenters. The van der Waals surface area contributed by atoms with Crippen molar-refractivity contribution >= 4 is 39.7 Å². The highest BCUT2D eigenvalue weighted by Gasteiger charge is 2.29. The molecule has 0 radical (unpaired) electrons. The van der Waals surface area contributed by atoms with E-state index in [9.17, 15) is 4.79 Å². The molecule has 1 saturated heterocycles. The fourth-order valence-corrected chi connectivity index (χ4v) is 6.05. The summed E-state index contributed by atoms with van der Waals surface area (Å²) in [6.07, 6.45) is 3.86. The fourth-order valence-electron chi connectivity index (χ4n) is 5.86. The van der Waals surface area contributed by atoms with E-state index < -0.39 is 0 Å². The molecule has 2 aromatic carbocycles. The van der Waals surface area contributed by atoms with Gasteiger partial charge in [0.1, 0.15) is 5.82 Å². The monoisotopic (exact) mass is 584 g/mol. The summed E-state index contributed by atoms with van der Waals surface area (Å²) in [4.78, 5) is 23.1. The molecule has 0 bridgehead atoms. The maximum atomic E-state index is 13.8. The van der Waals surface area contributed by atoms with E-state index in [0.29, 0.717) is 28.6 Å². The van der Waals surface area contributed by atoms with E-state index in [1.807, 2.05) is 80.0 Å². The van der Waals surface area contributed by atoms with E-state index in [4.69, 9.17) is 25.8 Å². The minimum atomic E-state index is -0.376. The number of hydrogen-bond donors (Lipinski definition) is 0. The number of aromatic nitrogens is 2. The van der Waals surface area contributed by atoms with Gasteiger partial charge in [-0.15, -0.1) is 0 Å². The van der Waals surface area contributed by atoms with Crippen molar-refractivity contribution in [3.63, 3.8) is 0 Å². The van der Waals surface area contributed by atoms with Gasteiger partial charge in [-0.25, -0.2) is 9.78 Å². The molecular formula is C33H33ClN4O4. The fraction of sp³-hybridized carbons (Fsp3) is 0.273. The Morgan fingerprint density at radius 1 is 0.952 bits per heavy atom. The van der Waals surface area contributed by atoms with Gasteiger partial charge in [0, 0.05) is 66.8 Å². The van der Waals surface area contributed by atoms with Gasteiger partial charge in [-0.3, -0.25) is 4.90 Å². The number of hydrogen-bond acceptors (Lipinski definition) is 7. The Morgan fingerprint density at radius 2 is 1.74 bits per heavy atom. The van der Waals surface area contributed by atoms with Crippen LogP contribution in [0.1, 0.15) is 23.0 Å². The first-order chi connectivity index (χ1) is 20.5. The van der Waals surface area contributed by atoms with Crippen LogP contribution in [0.2, 0.25) is 5.02 Å². The van der Waals surface area contributed by atoms with Crippen molar-refractivity contribution in [2.24, 2.45) is 0 Å². The second kappa shape index (κ2) is 11.9. The zero-order chi connectivity index (χ0) is 29.2. The molecule has 4 heterocycles. The molecule has 5 aromatic rings. The molecule has 0 amide bonds. The van der Waals surface area contributed by atoms with E-state index in [1.165, 1.54) is 0 Å². The van der Waals surface area contributed by atoms with Crippen LogP contribution < -0.4 is 14.4 Å². The number of nitrogens with zero attached hydrogens (tertiary/aromatic N) is 4. The van der Waals surface area contributed by atoms with Gasteiger partial charge >= 0.3 is 5.97 Å². The number of carbonyl (C=O) groups excluding carboxylic acids is 1. The number of piperazine rings is 1. The SMILES string of the molecule is CCOC(=O)c1c(-c2cccc(Cl)c2)c(CN2CCN(c3ccccn3)CC2)n2ccc3cc(OC)c(OC)cc3c12. The highest BCUT2D eigenvalue weighted by molar-refractivity contribution is 6.31. The quantitative estimate of drug-likeness (QED) is 0.198. The number of pyridine rings is 2. The van der Waals surface area contributed by atoms with Crippen LogP contribution >= 0.6 is 11.6 Å². The van der Waals surface area contributed by atoms with Crippen molar-refractivity contribution in [1.82, 2.24) is 14.3 Å². The normalized spacial score (nSPS) is 14.0. The molecule has 6 rings (SSSR count). The number of methoxy groups -OCH3 is 2. The predicted molar refractivity (Wildman–Crippen MR) is 166 cm³/mol. The first-order valence-corrected chi connectivity index (χ1v) is 14.4. The second-order valence-electron chi connectivity index (χ2n) is 10.2. The number of esters is 1. The van der Waals surface area contributed by atoms with Crippen molar-refractivity contribution in [3.8, 4) is 22.6 Å². The van der Waals surface area contributed by atoms with Crippen molar-refractivity contribution < 1.29 is 19.0 Å². The molecule has 3 aromatic heterocycles. The topological polar surface area (TPSA) is 68.5 Å². The summed E-state index contributed by atoms with van der Waals surface area (Å²) >= 11 is 6.50. The molecule has 0 spiro atoms. The number of benzene rings is 2. The summed E-state index contributed by atoms with van der Waals surface area (Å²) < 4.78 is 19.0. The van der Waals surface area contributed by atoms with Crippen molar-refractivity contribution in [1.29, 1.82) is 0 Å². The van der Waals surface area contributed by atoms with Crippen molar-refractivity contribution in [2.75, 3.05) is 51.9 Å². The Bertz CT molecular complexity index is 1750. The minimum Gasteiger partial charge on any atom is -0.493 e. The third kappa shape index (κ3) is 5.12. The molecule has 42 heavy (non-hydrogen) atoms. The van der Waals surface area contributed by atoms with E-state index in [2.05, 4.69) is 19.2 Å². The van der Waals surface area contributed by atoms with Gasteiger partial charge in [-0.2, -0.15) is 0 Å². The van der Waals surface area contributed by atoms with Crippen molar-refractivity contribution in [2.45, 2.75) is 13.5 Å². The number of anilines is 1. The smallest absolute Gasteiger partial charge is 0.340 e. The summed E-state index contributed by atoms with van der Waals surface area (Å²) in [5, 5.41) is 2.40. The molecule has 9 heteroatoms. The molecule has 1 aliphatic heterocycles. The Morgan fingerprint density at radius 3 is 2.43 bits per heavy atom. The number of fused-ring (bicyclic) bond motifs is 3. The van der Waals surface area contributed by atoms with Gasteiger partial charge in [0.2, 0.25) is 0 Å². The highest BCUT2D eigenvalue weighted by Crippen LogP contribution is 2.41. The molecule has 216 valence electrons. The Balaban J connectivity index is 1.53. The lowest BCUT2D eigenvalue weighted by Crippen LogP contribution is -2.46. The third-order valence-electron chi connectivity index (χ3n) is 7.83. The molecular weight excluding hydrogens is 552 g/mol. The zero-order valence-electron chi connectivity index (χ0n) is 24.0. The van der Waals surface area contributed by atoms with Crippen LogP contribution in [0.15, 0.2) is 73.1 Å². The van der Waals surface area contributed by atoms with E-state index in [-0.39, 0.29) is 12.6 Å². The molecule has 8 nitrogen and oxygen atoms in total. The lowest BCUT2D eigenvalue weighted by atomic mass is 9.98. The van der Waals surface area contributed by atoms with Crippen LogP contribution in [-0.2, 0) is 11.3 Å². The summed E-state index contributed by atoms with van der Waals surface area (Å²) in [6.45, 7) is 6.14. The average Bonchev–Trinajstić information content (AvgIpc) is 3.35. The maximum Gasteiger partial charge on any atom is 0.340 e. The van der Waals surface area contributed by atoms with Gasteiger partial charge < -0.3 is 23.5 Å². The number of halogens is 1. The maximum absolute atomic E-state index is 13.8. The summed E-state index contributed by atoms with van der Waals surface area (Å²) in [6, 6.07) is 19.6. The van der Waals surface area contributed by atoms with Gasteiger partial charge in [-0.05, 0) is 60.3 Å².